The zero-order valence-corrected chi connectivity index (χ0v) is 22.7. The summed E-state index contributed by atoms with van der Waals surface area (Å²) in [5, 5.41) is 23.3. The van der Waals surface area contributed by atoms with Crippen molar-refractivity contribution in [3.8, 4) is 0 Å². The Bertz CT molecular complexity index is 1320. The van der Waals surface area contributed by atoms with Crippen LogP contribution in [-0.4, -0.2) is 82.4 Å². The molecule has 3 atom stereocenters. The summed E-state index contributed by atoms with van der Waals surface area (Å²) in [6.45, 7) is 1.90. The second-order valence-corrected chi connectivity index (χ2v) is 12.2. The molecule has 38 heavy (non-hydrogen) atoms. The van der Waals surface area contributed by atoms with E-state index in [1.807, 2.05) is 12.1 Å². The lowest BCUT2D eigenvalue weighted by molar-refractivity contribution is -0.150. The molecule has 204 valence electrons. The summed E-state index contributed by atoms with van der Waals surface area (Å²) in [4.78, 5) is 48.8. The molecule has 17 heteroatoms. The minimum atomic E-state index is -3.95. The number of aliphatic carboxylic acids is 1. The lowest BCUT2D eigenvalue weighted by Crippen LogP contribution is -2.70. The van der Waals surface area contributed by atoms with E-state index in [4.69, 9.17) is 10.3 Å². The molecule has 14 nitrogen and oxygen atoms in total. The SMILES string of the molecule is CCOP(=O)(O)Cn1nnnc1SCC1=C(C(=O)O)N2C(=O)[C@H](NC(=O)Cc3ccccc3CN)[C@H]2SC1. The van der Waals surface area contributed by atoms with Crippen LogP contribution in [0.2, 0.25) is 0 Å². The van der Waals surface area contributed by atoms with Gasteiger partial charge >= 0.3 is 13.6 Å². The number of nitrogens with zero attached hydrogens (tertiary/aromatic N) is 5. The first-order valence-electron chi connectivity index (χ1n) is 11.5. The number of benzene rings is 1. The van der Waals surface area contributed by atoms with Gasteiger partial charge in [0.15, 0.2) is 0 Å². The molecule has 4 rings (SSSR count). The second kappa shape index (κ2) is 12.0. The number of fused-ring (bicyclic) bond motifs is 1. The summed E-state index contributed by atoms with van der Waals surface area (Å²) in [6.07, 6.45) is -0.406. The van der Waals surface area contributed by atoms with Crippen LogP contribution in [0.4, 0.5) is 0 Å². The summed E-state index contributed by atoms with van der Waals surface area (Å²) in [6, 6.07) is 6.42. The van der Waals surface area contributed by atoms with Gasteiger partial charge in [-0.15, -0.1) is 16.9 Å². The third-order valence-electron chi connectivity index (χ3n) is 5.77. The quantitative estimate of drug-likeness (QED) is 0.152. The van der Waals surface area contributed by atoms with Crippen molar-refractivity contribution in [2.45, 2.75) is 42.7 Å². The van der Waals surface area contributed by atoms with Crippen molar-refractivity contribution < 1.29 is 33.5 Å². The molecule has 3 heterocycles. The lowest BCUT2D eigenvalue weighted by atomic mass is 10.0. The van der Waals surface area contributed by atoms with Crippen LogP contribution in [0.5, 0.6) is 0 Å². The first kappa shape index (κ1) is 28.3. The van der Waals surface area contributed by atoms with E-state index in [0.717, 1.165) is 27.6 Å². The highest BCUT2D eigenvalue weighted by atomic mass is 32.2. The first-order valence-corrected chi connectivity index (χ1v) is 15.3. The van der Waals surface area contributed by atoms with E-state index in [-0.39, 0.29) is 42.1 Å². The van der Waals surface area contributed by atoms with Crippen LogP contribution in [-0.2, 0) is 42.7 Å². The van der Waals surface area contributed by atoms with Crippen LogP contribution in [0.15, 0.2) is 40.7 Å². The smallest absolute Gasteiger partial charge is 0.352 e. The molecule has 0 saturated carbocycles. The number of nitrogens with one attached hydrogen (secondary N) is 1. The van der Waals surface area contributed by atoms with Gasteiger partial charge in [0.1, 0.15) is 23.4 Å². The Morgan fingerprint density at radius 2 is 2.08 bits per heavy atom. The molecule has 0 aliphatic carbocycles. The summed E-state index contributed by atoms with van der Waals surface area (Å²) >= 11 is 2.41. The van der Waals surface area contributed by atoms with Gasteiger partial charge in [0.05, 0.1) is 13.0 Å². The van der Waals surface area contributed by atoms with E-state index >= 15 is 0 Å². The minimum Gasteiger partial charge on any atom is -0.477 e. The highest BCUT2D eigenvalue weighted by Gasteiger charge is 2.54. The third-order valence-corrected chi connectivity index (χ3v) is 9.44. The summed E-state index contributed by atoms with van der Waals surface area (Å²) in [5.74, 6) is -1.71. The Hall–Kier alpha value is -2.75. The number of carbonyl (C=O) groups excluding carboxylic acids is 2. The molecule has 2 aliphatic rings. The molecule has 1 saturated heterocycles. The standard InChI is InChI=1S/C21H26N7O7PS2/c1-2-35-36(33,34)11-27-21(24-25-26-27)38-10-14-9-37-19-16(18(30)28(19)17(14)20(31)32)23-15(29)7-12-5-3-4-6-13(12)8-22/h3-6,16,19H,2,7-11,22H2,1H3,(H,23,29)(H,31,32)(H,33,34)/t16-,19+/m0/s1. The van der Waals surface area contributed by atoms with Crippen molar-refractivity contribution in [3.63, 3.8) is 0 Å². The van der Waals surface area contributed by atoms with Crippen LogP contribution >= 0.6 is 31.1 Å². The topological polar surface area (TPSA) is 203 Å². The maximum absolute atomic E-state index is 12.9. The molecule has 1 aromatic heterocycles. The fourth-order valence-electron chi connectivity index (χ4n) is 4.07. The van der Waals surface area contributed by atoms with Crippen molar-refractivity contribution in [2.75, 3.05) is 18.1 Å². The van der Waals surface area contributed by atoms with E-state index in [1.165, 1.54) is 16.7 Å². The predicted molar refractivity (Wildman–Crippen MR) is 138 cm³/mol. The van der Waals surface area contributed by atoms with Gasteiger partial charge in [-0.1, -0.05) is 36.0 Å². The molecule has 1 fully saturated rings. The van der Waals surface area contributed by atoms with E-state index in [0.29, 0.717) is 11.3 Å². The molecule has 2 amide bonds. The molecule has 1 aromatic carbocycles. The highest BCUT2D eigenvalue weighted by Crippen LogP contribution is 2.44. The van der Waals surface area contributed by atoms with Gasteiger partial charge in [-0.3, -0.25) is 19.1 Å². The second-order valence-electron chi connectivity index (χ2n) is 8.31. The average Bonchev–Trinajstić information content (AvgIpc) is 3.31. The zero-order chi connectivity index (χ0) is 27.4. The van der Waals surface area contributed by atoms with Gasteiger partial charge in [0.2, 0.25) is 11.1 Å². The minimum absolute atomic E-state index is 0.0396. The maximum atomic E-state index is 12.9. The Morgan fingerprint density at radius 1 is 1.34 bits per heavy atom. The van der Waals surface area contributed by atoms with E-state index in [1.54, 1.807) is 19.1 Å². The molecule has 0 bridgehead atoms. The first-order chi connectivity index (χ1) is 18.1. The summed E-state index contributed by atoms with van der Waals surface area (Å²) < 4.78 is 18.0. The molecule has 1 unspecified atom stereocenters. The van der Waals surface area contributed by atoms with Crippen LogP contribution < -0.4 is 11.1 Å². The van der Waals surface area contributed by atoms with Crippen molar-refractivity contribution in [2.24, 2.45) is 5.73 Å². The number of rotatable bonds is 12. The van der Waals surface area contributed by atoms with Gasteiger partial charge in [-0.2, -0.15) is 0 Å². The van der Waals surface area contributed by atoms with Crippen molar-refractivity contribution >= 4 is 48.9 Å². The number of β-lactam (4-membered cyclic amide) rings is 1. The van der Waals surface area contributed by atoms with Crippen molar-refractivity contribution in [3.05, 3.63) is 46.7 Å². The molecule has 0 spiro atoms. The average molecular weight is 584 g/mol. The molecule has 0 radical (unpaired) electrons. The van der Waals surface area contributed by atoms with Crippen molar-refractivity contribution in [1.29, 1.82) is 0 Å². The Labute approximate surface area is 225 Å². The summed E-state index contributed by atoms with van der Waals surface area (Å²) in [7, 11) is -3.95. The molecular weight excluding hydrogens is 557 g/mol. The van der Waals surface area contributed by atoms with E-state index < -0.39 is 37.2 Å². The number of aromatic nitrogens is 4. The van der Waals surface area contributed by atoms with Crippen LogP contribution in [0, 0.1) is 0 Å². The van der Waals surface area contributed by atoms with Crippen LogP contribution in [0.25, 0.3) is 0 Å². The fraction of sp³-hybridized carbons (Fsp3) is 0.429. The molecule has 2 aliphatic heterocycles. The number of hydrogen-bond donors (Lipinski definition) is 4. The van der Waals surface area contributed by atoms with E-state index in [9.17, 15) is 28.9 Å². The zero-order valence-electron chi connectivity index (χ0n) is 20.2. The number of hydrogen-bond acceptors (Lipinski definition) is 11. The number of carbonyl (C=O) groups is 3. The number of carboxylic acid groups (broad SMARTS) is 1. The number of nitrogens with two attached hydrogens (primary N) is 1. The predicted octanol–water partition coefficient (Wildman–Crippen LogP) is 0.385. The highest BCUT2D eigenvalue weighted by molar-refractivity contribution is 8.01. The molecule has 5 N–H and O–H groups in total. The number of tetrazole rings is 1. The van der Waals surface area contributed by atoms with Crippen LogP contribution in [0.3, 0.4) is 0 Å². The van der Waals surface area contributed by atoms with Gasteiger partial charge in [-0.25, -0.2) is 9.48 Å². The van der Waals surface area contributed by atoms with Gasteiger partial charge in [0, 0.05) is 18.1 Å². The summed E-state index contributed by atoms with van der Waals surface area (Å²) in [5.41, 5.74) is 7.65. The van der Waals surface area contributed by atoms with Gasteiger partial charge in [-0.05, 0) is 34.1 Å². The monoisotopic (exact) mass is 583 g/mol. The Balaban J connectivity index is 1.42. The van der Waals surface area contributed by atoms with Gasteiger partial charge < -0.3 is 25.6 Å². The fourth-order valence-corrected chi connectivity index (χ4v) is 7.54. The molecular formula is C21H26N7O7PS2. The van der Waals surface area contributed by atoms with Crippen molar-refractivity contribution in [1.82, 2.24) is 30.4 Å². The Kier molecular flexibility index (Phi) is 8.90. The largest absolute Gasteiger partial charge is 0.477 e. The lowest BCUT2D eigenvalue weighted by Gasteiger charge is -2.49. The molecule has 2 aromatic rings. The normalized spacial score (nSPS) is 20.5. The van der Waals surface area contributed by atoms with Crippen LogP contribution in [0.1, 0.15) is 18.1 Å². The van der Waals surface area contributed by atoms with Gasteiger partial charge in [0.25, 0.3) is 5.91 Å². The number of thioether (sulfide) groups is 2. The number of amides is 2. The van der Waals surface area contributed by atoms with E-state index in [2.05, 4.69) is 20.8 Å². The Morgan fingerprint density at radius 3 is 2.76 bits per heavy atom. The third kappa shape index (κ3) is 6.11. The maximum Gasteiger partial charge on any atom is 0.352 e. The number of carboxylic acids is 1.